The molecule has 2 aromatic rings. The number of benzene rings is 2. The van der Waals surface area contributed by atoms with Crippen molar-refractivity contribution in [3.63, 3.8) is 0 Å². The summed E-state index contributed by atoms with van der Waals surface area (Å²) >= 11 is 0. The fourth-order valence-corrected chi connectivity index (χ4v) is 2.67. The highest BCUT2D eigenvalue weighted by Gasteiger charge is 2.28. The van der Waals surface area contributed by atoms with Crippen molar-refractivity contribution in [1.82, 2.24) is 0 Å². The van der Waals surface area contributed by atoms with Gasteiger partial charge in [0.15, 0.2) is 11.5 Å². The van der Waals surface area contributed by atoms with Gasteiger partial charge in [0.25, 0.3) is 5.91 Å². The van der Waals surface area contributed by atoms with Crippen molar-refractivity contribution in [3.8, 4) is 11.5 Å². The molecule has 7 heteroatoms. The van der Waals surface area contributed by atoms with Gasteiger partial charge in [-0.1, -0.05) is 6.07 Å². The largest absolute Gasteiger partial charge is 0.504 e. The van der Waals surface area contributed by atoms with Crippen molar-refractivity contribution >= 4 is 29.4 Å². The fourth-order valence-electron chi connectivity index (χ4n) is 2.67. The van der Waals surface area contributed by atoms with Crippen LogP contribution in [0.5, 0.6) is 11.5 Å². The number of methoxy groups -OCH3 is 2. The van der Waals surface area contributed by atoms with Gasteiger partial charge < -0.3 is 14.6 Å². The standard InChI is InChI=1S/C20H18N2O5/c1-12-16(10-13-4-9-17(23)18(11-13)26-2)19(24)22(21-12)15-7-5-14(6-8-15)20(25)27-3/h4-11,23H,1-3H3. The number of rotatable bonds is 4. The van der Waals surface area contributed by atoms with E-state index in [4.69, 9.17) is 4.74 Å². The lowest BCUT2D eigenvalue weighted by Crippen LogP contribution is -2.21. The number of carbonyl (C=O) groups is 2. The molecule has 0 aliphatic carbocycles. The number of nitrogens with zero attached hydrogens (tertiary/aromatic N) is 2. The van der Waals surface area contributed by atoms with E-state index in [9.17, 15) is 14.7 Å². The second kappa shape index (κ2) is 7.33. The van der Waals surface area contributed by atoms with Gasteiger partial charge in [-0.25, -0.2) is 4.79 Å². The molecule has 1 heterocycles. The quantitative estimate of drug-likeness (QED) is 0.664. The average molecular weight is 366 g/mol. The first kappa shape index (κ1) is 18.2. The van der Waals surface area contributed by atoms with Crippen molar-refractivity contribution < 1.29 is 24.2 Å². The lowest BCUT2D eigenvalue weighted by atomic mass is 10.1. The summed E-state index contributed by atoms with van der Waals surface area (Å²) in [6.45, 7) is 1.74. The zero-order chi connectivity index (χ0) is 19.6. The van der Waals surface area contributed by atoms with E-state index in [-0.39, 0.29) is 11.7 Å². The molecule has 2 aromatic carbocycles. The number of hydrazone groups is 1. The number of hydrogen-bond donors (Lipinski definition) is 1. The molecule has 0 unspecified atom stereocenters. The Morgan fingerprint density at radius 1 is 1.15 bits per heavy atom. The predicted octanol–water partition coefficient (Wildman–Crippen LogP) is 2.99. The number of hydrogen-bond acceptors (Lipinski definition) is 6. The molecule has 0 spiro atoms. The Balaban J connectivity index is 1.89. The molecule has 0 bridgehead atoms. The minimum absolute atomic E-state index is 0.0232. The summed E-state index contributed by atoms with van der Waals surface area (Å²) < 4.78 is 9.76. The molecule has 0 aromatic heterocycles. The fraction of sp³-hybridized carbons (Fsp3) is 0.150. The van der Waals surface area contributed by atoms with Crippen LogP contribution in [0.15, 0.2) is 53.1 Å². The molecule has 1 N–H and O–H groups in total. The Morgan fingerprint density at radius 2 is 1.85 bits per heavy atom. The van der Waals surface area contributed by atoms with Crippen LogP contribution in [0, 0.1) is 0 Å². The van der Waals surface area contributed by atoms with Gasteiger partial charge in [-0.15, -0.1) is 0 Å². The zero-order valence-electron chi connectivity index (χ0n) is 15.1. The van der Waals surface area contributed by atoms with Gasteiger partial charge in [-0.3, -0.25) is 4.79 Å². The number of esters is 1. The lowest BCUT2D eigenvalue weighted by molar-refractivity contribution is -0.114. The third-order valence-electron chi connectivity index (χ3n) is 4.11. The Bertz CT molecular complexity index is 961. The summed E-state index contributed by atoms with van der Waals surface area (Å²) in [4.78, 5) is 24.3. The first-order chi connectivity index (χ1) is 12.9. The van der Waals surface area contributed by atoms with Crippen LogP contribution in [0.25, 0.3) is 6.08 Å². The van der Waals surface area contributed by atoms with E-state index >= 15 is 0 Å². The Labute approximate surface area is 156 Å². The maximum Gasteiger partial charge on any atom is 0.337 e. The lowest BCUT2D eigenvalue weighted by Gasteiger charge is -2.12. The van der Waals surface area contributed by atoms with Crippen molar-refractivity contribution in [3.05, 3.63) is 59.2 Å². The summed E-state index contributed by atoms with van der Waals surface area (Å²) in [5, 5.41) is 15.3. The molecule has 1 amide bonds. The molecule has 27 heavy (non-hydrogen) atoms. The molecule has 0 fully saturated rings. The van der Waals surface area contributed by atoms with Crippen LogP contribution in [0.2, 0.25) is 0 Å². The number of phenols is 1. The Kier molecular flexibility index (Phi) is 4.94. The minimum Gasteiger partial charge on any atom is -0.504 e. The SMILES string of the molecule is COC(=O)c1ccc(N2N=C(C)C(=Cc3ccc(O)c(OC)c3)C2=O)cc1. The predicted molar refractivity (Wildman–Crippen MR) is 101 cm³/mol. The second-order valence-corrected chi connectivity index (χ2v) is 5.83. The monoisotopic (exact) mass is 366 g/mol. The Morgan fingerprint density at radius 3 is 2.48 bits per heavy atom. The molecule has 1 aliphatic rings. The molecular formula is C20H18N2O5. The summed E-state index contributed by atoms with van der Waals surface area (Å²) in [6.07, 6.45) is 1.69. The summed E-state index contributed by atoms with van der Waals surface area (Å²) in [5.74, 6) is -0.393. The normalized spacial score (nSPS) is 15.1. The number of phenolic OH excluding ortho intramolecular Hbond substituents is 1. The van der Waals surface area contributed by atoms with E-state index < -0.39 is 5.97 Å². The van der Waals surface area contributed by atoms with Crippen molar-refractivity contribution in [2.75, 3.05) is 19.2 Å². The highest BCUT2D eigenvalue weighted by Crippen LogP contribution is 2.29. The van der Waals surface area contributed by atoms with E-state index in [1.807, 2.05) is 0 Å². The highest BCUT2D eigenvalue weighted by atomic mass is 16.5. The Hall–Kier alpha value is -3.61. The molecular weight excluding hydrogens is 348 g/mol. The van der Waals surface area contributed by atoms with Crippen LogP contribution in [0.3, 0.4) is 0 Å². The smallest absolute Gasteiger partial charge is 0.337 e. The van der Waals surface area contributed by atoms with Gasteiger partial charge in [-0.2, -0.15) is 10.1 Å². The summed E-state index contributed by atoms with van der Waals surface area (Å²) in [7, 11) is 2.77. The highest BCUT2D eigenvalue weighted by molar-refractivity contribution is 6.32. The number of carbonyl (C=O) groups excluding carboxylic acids is 2. The third-order valence-corrected chi connectivity index (χ3v) is 4.11. The van der Waals surface area contributed by atoms with Gasteiger partial charge in [0.2, 0.25) is 0 Å². The van der Waals surface area contributed by atoms with Crippen LogP contribution in [-0.4, -0.2) is 36.9 Å². The van der Waals surface area contributed by atoms with Gasteiger partial charge in [0, 0.05) is 0 Å². The van der Waals surface area contributed by atoms with Gasteiger partial charge in [0.05, 0.1) is 36.8 Å². The van der Waals surface area contributed by atoms with Gasteiger partial charge in [-0.05, 0) is 55.0 Å². The number of amides is 1. The zero-order valence-corrected chi connectivity index (χ0v) is 15.1. The minimum atomic E-state index is -0.448. The van der Waals surface area contributed by atoms with E-state index in [1.165, 1.54) is 25.3 Å². The van der Waals surface area contributed by atoms with E-state index in [2.05, 4.69) is 9.84 Å². The maximum absolute atomic E-state index is 12.8. The van der Waals surface area contributed by atoms with E-state index in [1.54, 1.807) is 49.4 Å². The maximum atomic E-state index is 12.8. The van der Waals surface area contributed by atoms with Crippen molar-refractivity contribution in [2.24, 2.45) is 5.10 Å². The van der Waals surface area contributed by atoms with E-state index in [0.717, 1.165) is 0 Å². The van der Waals surface area contributed by atoms with Crippen LogP contribution < -0.4 is 9.75 Å². The first-order valence-corrected chi connectivity index (χ1v) is 8.11. The van der Waals surface area contributed by atoms with Crippen molar-refractivity contribution in [1.29, 1.82) is 0 Å². The molecule has 0 saturated heterocycles. The van der Waals surface area contributed by atoms with Crippen LogP contribution in [0.1, 0.15) is 22.8 Å². The number of aromatic hydroxyl groups is 1. The summed E-state index contributed by atoms with van der Waals surface area (Å²) in [6, 6.07) is 11.2. The van der Waals surface area contributed by atoms with Crippen molar-refractivity contribution in [2.45, 2.75) is 6.92 Å². The van der Waals surface area contributed by atoms with Gasteiger partial charge in [0.1, 0.15) is 0 Å². The number of ether oxygens (including phenoxy) is 2. The van der Waals surface area contributed by atoms with Gasteiger partial charge >= 0.3 is 5.97 Å². The summed E-state index contributed by atoms with van der Waals surface area (Å²) in [5.41, 5.74) is 2.62. The van der Waals surface area contributed by atoms with Crippen LogP contribution >= 0.6 is 0 Å². The van der Waals surface area contributed by atoms with Crippen LogP contribution in [-0.2, 0) is 9.53 Å². The molecule has 0 atom stereocenters. The molecule has 138 valence electrons. The first-order valence-electron chi connectivity index (χ1n) is 8.11. The average Bonchev–Trinajstić information content (AvgIpc) is 2.97. The molecule has 7 nitrogen and oxygen atoms in total. The number of anilines is 1. The molecule has 3 rings (SSSR count). The van der Waals surface area contributed by atoms with Crippen LogP contribution in [0.4, 0.5) is 5.69 Å². The molecule has 0 radical (unpaired) electrons. The molecule has 1 aliphatic heterocycles. The third kappa shape index (κ3) is 3.52. The molecule has 0 saturated carbocycles. The second-order valence-electron chi connectivity index (χ2n) is 5.83. The van der Waals surface area contributed by atoms with E-state index in [0.29, 0.717) is 33.8 Å². The topological polar surface area (TPSA) is 88.4 Å².